The molecule has 2 amide bonds. The summed E-state index contributed by atoms with van der Waals surface area (Å²) in [6.45, 7) is 1.74. The Kier molecular flexibility index (Phi) is 4.96. The largest absolute Gasteiger partial charge is 0.344 e. The van der Waals surface area contributed by atoms with Crippen LogP contribution in [0.15, 0.2) is 24.3 Å². The van der Waals surface area contributed by atoms with Crippen LogP contribution in [0, 0.1) is 11.8 Å². The Hall–Kier alpha value is -2.32. The third-order valence-corrected chi connectivity index (χ3v) is 3.43. The molecule has 2 rings (SSSR count). The van der Waals surface area contributed by atoms with Crippen LogP contribution in [0.3, 0.4) is 0 Å². The highest BCUT2D eigenvalue weighted by molar-refractivity contribution is 5.96. The molecule has 1 aromatic carbocycles. The van der Waals surface area contributed by atoms with Crippen molar-refractivity contribution >= 4 is 11.8 Å². The Morgan fingerprint density at radius 3 is 2.67 bits per heavy atom. The lowest BCUT2D eigenvalue weighted by molar-refractivity contribution is -0.129. The van der Waals surface area contributed by atoms with E-state index in [4.69, 9.17) is 5.73 Å². The molecule has 0 radical (unpaired) electrons. The highest BCUT2D eigenvalue weighted by atomic mass is 16.2. The van der Waals surface area contributed by atoms with Gasteiger partial charge < -0.3 is 15.5 Å². The van der Waals surface area contributed by atoms with Crippen LogP contribution in [0.5, 0.6) is 0 Å². The predicted molar refractivity (Wildman–Crippen MR) is 80.5 cm³/mol. The maximum Gasteiger partial charge on any atom is 0.254 e. The predicted octanol–water partition coefficient (Wildman–Crippen LogP) is 0.301. The summed E-state index contributed by atoms with van der Waals surface area (Å²) in [5.41, 5.74) is 6.72. The monoisotopic (exact) mass is 285 g/mol. The van der Waals surface area contributed by atoms with E-state index in [0.29, 0.717) is 25.2 Å². The van der Waals surface area contributed by atoms with Crippen LogP contribution < -0.4 is 5.73 Å². The number of hydrogen-bond donors (Lipinski definition) is 1. The summed E-state index contributed by atoms with van der Waals surface area (Å²) in [5, 5.41) is 0. The number of benzene rings is 1. The molecule has 110 valence electrons. The Labute approximate surface area is 124 Å². The van der Waals surface area contributed by atoms with Crippen molar-refractivity contribution < 1.29 is 9.59 Å². The van der Waals surface area contributed by atoms with Crippen LogP contribution in [-0.4, -0.2) is 54.8 Å². The molecule has 0 aromatic heterocycles. The fourth-order valence-corrected chi connectivity index (χ4v) is 2.19. The summed E-state index contributed by atoms with van der Waals surface area (Å²) in [6.07, 6.45) is 0.800. The molecule has 0 saturated carbocycles. The highest BCUT2D eigenvalue weighted by Gasteiger charge is 2.23. The van der Waals surface area contributed by atoms with Crippen molar-refractivity contribution in [2.45, 2.75) is 6.42 Å². The van der Waals surface area contributed by atoms with Gasteiger partial charge in [-0.1, -0.05) is 11.8 Å². The van der Waals surface area contributed by atoms with E-state index in [0.717, 1.165) is 12.0 Å². The Morgan fingerprint density at radius 1 is 1.29 bits per heavy atom. The first-order valence-corrected chi connectivity index (χ1v) is 6.94. The molecule has 1 aliphatic heterocycles. The van der Waals surface area contributed by atoms with E-state index in [1.807, 2.05) is 0 Å². The average molecular weight is 285 g/mol. The van der Waals surface area contributed by atoms with Gasteiger partial charge >= 0.3 is 0 Å². The van der Waals surface area contributed by atoms with E-state index in [2.05, 4.69) is 11.8 Å². The van der Waals surface area contributed by atoms with Gasteiger partial charge in [-0.25, -0.2) is 0 Å². The standard InChI is InChI=1S/C16H19N3O2/c1-18-10-3-11-19(12-15(18)20)16(21)14-7-5-13(6-8-14)4-2-9-17/h5-8H,3,9-12,17H2,1H3. The molecule has 0 aliphatic carbocycles. The lowest BCUT2D eigenvalue weighted by Crippen LogP contribution is -2.38. The third-order valence-electron chi connectivity index (χ3n) is 3.43. The number of likely N-dealkylation sites (N-methyl/N-ethyl adjacent to an activating group) is 1. The molecule has 1 heterocycles. The van der Waals surface area contributed by atoms with Crippen LogP contribution in [-0.2, 0) is 4.79 Å². The second-order valence-electron chi connectivity index (χ2n) is 4.98. The summed E-state index contributed by atoms with van der Waals surface area (Å²) in [5.74, 6) is 5.54. The Balaban J connectivity index is 2.10. The van der Waals surface area contributed by atoms with Crippen LogP contribution in [0.25, 0.3) is 0 Å². The molecule has 21 heavy (non-hydrogen) atoms. The summed E-state index contributed by atoms with van der Waals surface area (Å²) in [6, 6.07) is 7.06. The van der Waals surface area contributed by atoms with Crippen LogP contribution in [0.2, 0.25) is 0 Å². The maximum atomic E-state index is 12.4. The van der Waals surface area contributed by atoms with Gasteiger partial charge in [0.25, 0.3) is 5.91 Å². The highest BCUT2D eigenvalue weighted by Crippen LogP contribution is 2.10. The zero-order chi connectivity index (χ0) is 15.2. The van der Waals surface area contributed by atoms with Gasteiger partial charge in [0.15, 0.2) is 0 Å². The lowest BCUT2D eigenvalue weighted by atomic mass is 10.1. The van der Waals surface area contributed by atoms with E-state index >= 15 is 0 Å². The number of rotatable bonds is 1. The van der Waals surface area contributed by atoms with E-state index in [1.165, 1.54) is 0 Å². The van der Waals surface area contributed by atoms with Gasteiger partial charge in [0.05, 0.1) is 6.54 Å². The molecule has 1 aromatic rings. The first kappa shape index (κ1) is 15.1. The summed E-state index contributed by atoms with van der Waals surface area (Å²) in [4.78, 5) is 27.5. The van der Waals surface area contributed by atoms with Crippen molar-refractivity contribution in [2.24, 2.45) is 5.73 Å². The van der Waals surface area contributed by atoms with Gasteiger partial charge in [-0.2, -0.15) is 0 Å². The van der Waals surface area contributed by atoms with Crippen molar-refractivity contribution in [2.75, 3.05) is 33.2 Å². The van der Waals surface area contributed by atoms with Gasteiger partial charge in [-0.15, -0.1) is 0 Å². The fraction of sp³-hybridized carbons (Fsp3) is 0.375. The van der Waals surface area contributed by atoms with Crippen molar-refractivity contribution in [3.8, 4) is 11.8 Å². The van der Waals surface area contributed by atoms with E-state index < -0.39 is 0 Å². The summed E-state index contributed by atoms with van der Waals surface area (Å²) < 4.78 is 0. The molecular weight excluding hydrogens is 266 g/mol. The quantitative estimate of drug-likeness (QED) is 0.755. The molecule has 2 N–H and O–H groups in total. The Morgan fingerprint density at radius 2 is 2.00 bits per heavy atom. The number of nitrogens with zero attached hydrogens (tertiary/aromatic N) is 2. The number of carbonyl (C=O) groups is 2. The fourth-order valence-electron chi connectivity index (χ4n) is 2.19. The minimum atomic E-state index is -0.114. The molecule has 0 unspecified atom stereocenters. The SMILES string of the molecule is CN1CCCN(C(=O)c2ccc(C#CCN)cc2)CC1=O. The Bertz CT molecular complexity index is 584. The molecule has 5 heteroatoms. The molecule has 1 saturated heterocycles. The summed E-state index contributed by atoms with van der Waals surface area (Å²) >= 11 is 0. The molecular formula is C16H19N3O2. The second kappa shape index (κ2) is 6.91. The third kappa shape index (κ3) is 3.83. The minimum absolute atomic E-state index is 0.0220. The minimum Gasteiger partial charge on any atom is -0.344 e. The van der Waals surface area contributed by atoms with E-state index in [-0.39, 0.29) is 18.4 Å². The number of hydrogen-bond acceptors (Lipinski definition) is 3. The van der Waals surface area contributed by atoms with Crippen molar-refractivity contribution in [3.63, 3.8) is 0 Å². The molecule has 1 fully saturated rings. The summed E-state index contributed by atoms with van der Waals surface area (Å²) in [7, 11) is 1.77. The normalized spacial score (nSPS) is 15.2. The van der Waals surface area contributed by atoms with Crippen molar-refractivity contribution in [3.05, 3.63) is 35.4 Å². The van der Waals surface area contributed by atoms with Crippen LogP contribution >= 0.6 is 0 Å². The number of nitrogens with two attached hydrogens (primary N) is 1. The zero-order valence-corrected chi connectivity index (χ0v) is 12.1. The average Bonchev–Trinajstić information content (AvgIpc) is 2.67. The molecule has 0 spiro atoms. The van der Waals surface area contributed by atoms with Crippen molar-refractivity contribution in [1.82, 2.24) is 9.80 Å². The maximum absolute atomic E-state index is 12.4. The van der Waals surface area contributed by atoms with Gasteiger partial charge in [0.2, 0.25) is 5.91 Å². The van der Waals surface area contributed by atoms with Gasteiger partial charge in [-0.3, -0.25) is 9.59 Å². The van der Waals surface area contributed by atoms with E-state index in [9.17, 15) is 9.59 Å². The smallest absolute Gasteiger partial charge is 0.254 e. The van der Waals surface area contributed by atoms with Gasteiger partial charge in [0.1, 0.15) is 6.54 Å². The molecule has 1 aliphatic rings. The zero-order valence-electron chi connectivity index (χ0n) is 12.1. The van der Waals surface area contributed by atoms with Crippen LogP contribution in [0.1, 0.15) is 22.3 Å². The number of carbonyl (C=O) groups excluding carboxylic acids is 2. The van der Waals surface area contributed by atoms with Crippen molar-refractivity contribution in [1.29, 1.82) is 0 Å². The topological polar surface area (TPSA) is 66.6 Å². The molecule has 0 atom stereocenters. The van der Waals surface area contributed by atoms with Gasteiger partial charge in [-0.05, 0) is 30.7 Å². The number of amides is 2. The molecule has 5 nitrogen and oxygen atoms in total. The lowest BCUT2D eigenvalue weighted by Gasteiger charge is -2.19. The van der Waals surface area contributed by atoms with Gasteiger partial charge in [0, 0.05) is 31.3 Å². The second-order valence-corrected chi connectivity index (χ2v) is 4.98. The first-order chi connectivity index (χ1) is 10.1. The van der Waals surface area contributed by atoms with E-state index in [1.54, 1.807) is 41.1 Å². The first-order valence-electron chi connectivity index (χ1n) is 6.94. The molecule has 0 bridgehead atoms. The van der Waals surface area contributed by atoms with Crippen LogP contribution in [0.4, 0.5) is 0 Å².